The van der Waals surface area contributed by atoms with Crippen molar-refractivity contribution < 1.29 is 14.3 Å². The second-order valence-corrected chi connectivity index (χ2v) is 7.88. The number of carbonyl (C=O) groups excluding carboxylic acids is 1. The van der Waals surface area contributed by atoms with Crippen LogP contribution >= 0.6 is 0 Å². The van der Waals surface area contributed by atoms with Crippen molar-refractivity contribution in [1.29, 1.82) is 0 Å². The number of amides is 1. The zero-order valence-electron chi connectivity index (χ0n) is 17.7. The molecule has 1 N–H and O–H groups in total. The standard InChI is InChI=1S/C24H32N2O3/c1-18-7-8-23(19(2)13-18)29-11-9-24(27)25-15-21-5-4-6-22(14-21)17-26-10-12-28-20(3)16-26/h4-8,13-14,20H,9-12,15-17H2,1-3H3,(H,25,27). The first kappa shape index (κ1) is 21.3. The summed E-state index contributed by atoms with van der Waals surface area (Å²) in [5, 5.41) is 2.99. The molecule has 3 rings (SSSR count). The zero-order chi connectivity index (χ0) is 20.6. The number of nitrogens with one attached hydrogen (secondary N) is 1. The van der Waals surface area contributed by atoms with E-state index in [0.717, 1.165) is 43.1 Å². The summed E-state index contributed by atoms with van der Waals surface area (Å²) in [5.41, 5.74) is 4.69. The fourth-order valence-electron chi connectivity index (χ4n) is 3.63. The van der Waals surface area contributed by atoms with Crippen LogP contribution in [-0.4, -0.2) is 43.2 Å². The fourth-order valence-corrected chi connectivity index (χ4v) is 3.63. The maximum atomic E-state index is 12.2. The third kappa shape index (κ3) is 6.87. The number of rotatable bonds is 8. The average Bonchev–Trinajstić information content (AvgIpc) is 2.68. The molecule has 5 heteroatoms. The minimum Gasteiger partial charge on any atom is -0.493 e. The van der Waals surface area contributed by atoms with Gasteiger partial charge in [0.25, 0.3) is 0 Å². The Morgan fingerprint density at radius 2 is 2.03 bits per heavy atom. The van der Waals surface area contributed by atoms with Gasteiger partial charge in [0.05, 0.1) is 25.7 Å². The summed E-state index contributed by atoms with van der Waals surface area (Å²) >= 11 is 0. The van der Waals surface area contributed by atoms with E-state index in [9.17, 15) is 4.79 Å². The number of hydrogen-bond donors (Lipinski definition) is 1. The van der Waals surface area contributed by atoms with Gasteiger partial charge in [-0.2, -0.15) is 0 Å². The van der Waals surface area contributed by atoms with Crippen molar-refractivity contribution >= 4 is 5.91 Å². The van der Waals surface area contributed by atoms with E-state index >= 15 is 0 Å². The molecule has 156 valence electrons. The molecule has 0 radical (unpaired) electrons. The van der Waals surface area contributed by atoms with Crippen LogP contribution < -0.4 is 10.1 Å². The number of carbonyl (C=O) groups is 1. The molecule has 0 spiro atoms. The Bertz CT molecular complexity index is 822. The van der Waals surface area contributed by atoms with Gasteiger partial charge in [-0.05, 0) is 43.5 Å². The predicted molar refractivity (Wildman–Crippen MR) is 115 cm³/mol. The van der Waals surface area contributed by atoms with E-state index in [2.05, 4.69) is 54.4 Å². The lowest BCUT2D eigenvalue weighted by Crippen LogP contribution is -2.40. The first-order valence-corrected chi connectivity index (χ1v) is 10.4. The number of hydrogen-bond acceptors (Lipinski definition) is 4. The fraction of sp³-hybridized carbons (Fsp3) is 0.458. The van der Waals surface area contributed by atoms with Crippen LogP contribution in [0.1, 0.15) is 35.6 Å². The number of aryl methyl sites for hydroxylation is 2. The topological polar surface area (TPSA) is 50.8 Å². The van der Waals surface area contributed by atoms with Gasteiger partial charge in [-0.3, -0.25) is 9.69 Å². The third-order valence-corrected chi connectivity index (χ3v) is 5.13. The molecule has 1 heterocycles. The Labute approximate surface area is 174 Å². The lowest BCUT2D eigenvalue weighted by atomic mass is 10.1. The van der Waals surface area contributed by atoms with Crippen molar-refractivity contribution in [3.63, 3.8) is 0 Å². The van der Waals surface area contributed by atoms with Gasteiger partial charge in [0.1, 0.15) is 5.75 Å². The third-order valence-electron chi connectivity index (χ3n) is 5.13. The van der Waals surface area contributed by atoms with Gasteiger partial charge >= 0.3 is 0 Å². The van der Waals surface area contributed by atoms with Crippen LogP contribution in [0.25, 0.3) is 0 Å². The van der Waals surface area contributed by atoms with Crippen molar-refractivity contribution in [2.75, 3.05) is 26.3 Å². The highest BCUT2D eigenvalue weighted by Crippen LogP contribution is 2.18. The van der Waals surface area contributed by atoms with Gasteiger partial charge < -0.3 is 14.8 Å². The summed E-state index contributed by atoms with van der Waals surface area (Å²) in [5.74, 6) is 0.843. The Morgan fingerprint density at radius 3 is 2.83 bits per heavy atom. The predicted octanol–water partition coefficient (Wildman–Crippen LogP) is 3.61. The molecule has 1 saturated heterocycles. The molecule has 0 aromatic heterocycles. The highest BCUT2D eigenvalue weighted by atomic mass is 16.5. The second-order valence-electron chi connectivity index (χ2n) is 7.88. The monoisotopic (exact) mass is 396 g/mol. The van der Waals surface area contributed by atoms with E-state index in [0.29, 0.717) is 19.6 Å². The van der Waals surface area contributed by atoms with Crippen LogP contribution in [-0.2, 0) is 22.6 Å². The number of nitrogens with zero attached hydrogens (tertiary/aromatic N) is 1. The first-order chi connectivity index (χ1) is 14.0. The Hall–Kier alpha value is -2.37. The summed E-state index contributed by atoms with van der Waals surface area (Å²) in [4.78, 5) is 14.6. The molecule has 1 atom stereocenters. The molecular weight excluding hydrogens is 364 g/mol. The van der Waals surface area contributed by atoms with Crippen molar-refractivity contribution in [3.8, 4) is 5.75 Å². The Balaban J connectivity index is 1.41. The van der Waals surface area contributed by atoms with Crippen LogP contribution in [0.15, 0.2) is 42.5 Å². The smallest absolute Gasteiger partial charge is 0.223 e. The Kier molecular flexibility index (Phi) is 7.67. The molecular formula is C24H32N2O3. The van der Waals surface area contributed by atoms with E-state index in [-0.39, 0.29) is 12.0 Å². The summed E-state index contributed by atoms with van der Waals surface area (Å²) in [6.07, 6.45) is 0.635. The Morgan fingerprint density at radius 1 is 1.21 bits per heavy atom. The summed E-state index contributed by atoms with van der Waals surface area (Å²) in [6, 6.07) is 14.5. The van der Waals surface area contributed by atoms with Crippen LogP contribution in [0.3, 0.4) is 0 Å². The van der Waals surface area contributed by atoms with Crippen molar-refractivity contribution in [2.24, 2.45) is 0 Å². The zero-order valence-corrected chi connectivity index (χ0v) is 17.7. The summed E-state index contributed by atoms with van der Waals surface area (Å²) in [6.45, 7) is 10.7. The molecule has 0 aliphatic carbocycles. The van der Waals surface area contributed by atoms with Gasteiger partial charge in [-0.1, -0.05) is 42.0 Å². The van der Waals surface area contributed by atoms with Crippen LogP contribution in [0, 0.1) is 13.8 Å². The van der Waals surface area contributed by atoms with E-state index < -0.39 is 0 Å². The van der Waals surface area contributed by atoms with Gasteiger partial charge in [-0.25, -0.2) is 0 Å². The van der Waals surface area contributed by atoms with E-state index in [4.69, 9.17) is 9.47 Å². The van der Waals surface area contributed by atoms with Gasteiger partial charge in [0.2, 0.25) is 5.91 Å². The number of ether oxygens (including phenoxy) is 2. The van der Waals surface area contributed by atoms with Crippen LogP contribution in [0.2, 0.25) is 0 Å². The first-order valence-electron chi connectivity index (χ1n) is 10.4. The minimum atomic E-state index is 0.00201. The van der Waals surface area contributed by atoms with Gasteiger partial charge in [0.15, 0.2) is 0 Å². The minimum absolute atomic E-state index is 0.00201. The van der Waals surface area contributed by atoms with Gasteiger partial charge in [-0.15, -0.1) is 0 Å². The van der Waals surface area contributed by atoms with Crippen molar-refractivity contribution in [1.82, 2.24) is 10.2 Å². The quantitative estimate of drug-likeness (QED) is 0.741. The molecule has 5 nitrogen and oxygen atoms in total. The molecule has 1 fully saturated rings. The normalized spacial score (nSPS) is 17.1. The highest BCUT2D eigenvalue weighted by molar-refractivity contribution is 5.76. The molecule has 0 bridgehead atoms. The number of benzene rings is 2. The van der Waals surface area contributed by atoms with Crippen molar-refractivity contribution in [3.05, 3.63) is 64.7 Å². The molecule has 0 saturated carbocycles. The molecule has 29 heavy (non-hydrogen) atoms. The SMILES string of the molecule is Cc1ccc(OCCC(=O)NCc2cccc(CN3CCOC(C)C3)c2)c(C)c1. The van der Waals surface area contributed by atoms with Gasteiger partial charge in [0, 0.05) is 26.2 Å². The summed E-state index contributed by atoms with van der Waals surface area (Å²) in [7, 11) is 0. The molecule has 2 aromatic carbocycles. The van der Waals surface area contributed by atoms with E-state index in [1.807, 2.05) is 19.1 Å². The number of morpholine rings is 1. The second kappa shape index (κ2) is 10.4. The molecule has 1 aliphatic rings. The maximum Gasteiger partial charge on any atom is 0.223 e. The average molecular weight is 397 g/mol. The lowest BCUT2D eigenvalue weighted by molar-refractivity contribution is -0.121. The maximum absolute atomic E-state index is 12.2. The molecule has 2 aromatic rings. The van der Waals surface area contributed by atoms with E-state index in [1.54, 1.807) is 0 Å². The molecule has 1 amide bonds. The molecule has 1 unspecified atom stereocenters. The van der Waals surface area contributed by atoms with Crippen molar-refractivity contribution in [2.45, 2.75) is 46.4 Å². The molecule has 1 aliphatic heterocycles. The summed E-state index contributed by atoms with van der Waals surface area (Å²) < 4.78 is 11.4. The van der Waals surface area contributed by atoms with Crippen LogP contribution in [0.4, 0.5) is 0 Å². The lowest BCUT2D eigenvalue weighted by Gasteiger charge is -2.31. The van der Waals surface area contributed by atoms with Crippen LogP contribution in [0.5, 0.6) is 5.75 Å². The highest BCUT2D eigenvalue weighted by Gasteiger charge is 2.16. The largest absolute Gasteiger partial charge is 0.493 e. The van der Waals surface area contributed by atoms with E-state index in [1.165, 1.54) is 11.1 Å².